The predicted octanol–water partition coefficient (Wildman–Crippen LogP) is 3.23. The predicted molar refractivity (Wildman–Crippen MR) is 98.6 cm³/mol. The first-order valence-corrected chi connectivity index (χ1v) is 9.22. The molecule has 0 N–H and O–H groups in total. The van der Waals surface area contributed by atoms with Crippen LogP contribution in [0.1, 0.15) is 28.0 Å². The molecular formula is C18H18Cl2N4O. The van der Waals surface area contributed by atoms with Crippen molar-refractivity contribution in [3.05, 3.63) is 51.1 Å². The largest absolute Gasteiger partial charge is 0.352 e. The van der Waals surface area contributed by atoms with E-state index in [2.05, 4.69) is 21.2 Å². The third-order valence-corrected chi connectivity index (χ3v) is 5.60. The number of halogens is 2. The average Bonchev–Trinajstić information content (AvgIpc) is 3.11. The van der Waals surface area contributed by atoms with Gasteiger partial charge in [0.2, 0.25) is 0 Å². The van der Waals surface area contributed by atoms with Gasteiger partial charge >= 0.3 is 0 Å². The summed E-state index contributed by atoms with van der Waals surface area (Å²) in [6.07, 6.45) is 3.29. The van der Waals surface area contributed by atoms with Gasteiger partial charge in [0.1, 0.15) is 0 Å². The van der Waals surface area contributed by atoms with E-state index in [1.54, 1.807) is 18.2 Å². The van der Waals surface area contributed by atoms with E-state index in [-0.39, 0.29) is 5.91 Å². The van der Waals surface area contributed by atoms with Gasteiger partial charge in [-0.2, -0.15) is 5.10 Å². The zero-order valence-corrected chi connectivity index (χ0v) is 15.2. The Morgan fingerprint density at radius 2 is 1.76 bits per heavy atom. The minimum absolute atomic E-state index is 0.0155. The SMILES string of the molecule is O=C(c1ccc(Cl)c(Cl)c1)N1CCN(c2cc3c(nn2)CCC3)CC1. The summed E-state index contributed by atoms with van der Waals surface area (Å²) in [6.45, 7) is 2.80. The van der Waals surface area contributed by atoms with Crippen LogP contribution >= 0.6 is 23.2 Å². The molecule has 1 aliphatic heterocycles. The van der Waals surface area contributed by atoms with Crippen molar-refractivity contribution >= 4 is 34.9 Å². The van der Waals surface area contributed by atoms with Crippen molar-refractivity contribution in [3.63, 3.8) is 0 Å². The average molecular weight is 377 g/mol. The van der Waals surface area contributed by atoms with E-state index in [0.717, 1.165) is 37.4 Å². The summed E-state index contributed by atoms with van der Waals surface area (Å²) in [5, 5.41) is 9.58. The molecule has 1 saturated heterocycles. The normalized spacial score (nSPS) is 16.9. The van der Waals surface area contributed by atoms with Crippen LogP contribution in [-0.2, 0) is 12.8 Å². The Labute approximate surface area is 156 Å². The summed E-state index contributed by atoms with van der Waals surface area (Å²) < 4.78 is 0. The Morgan fingerprint density at radius 1 is 0.960 bits per heavy atom. The topological polar surface area (TPSA) is 49.3 Å². The van der Waals surface area contributed by atoms with Gasteiger partial charge in [-0.3, -0.25) is 4.79 Å². The van der Waals surface area contributed by atoms with Crippen LogP contribution < -0.4 is 4.90 Å². The van der Waals surface area contributed by atoms with Crippen molar-refractivity contribution < 1.29 is 4.79 Å². The maximum Gasteiger partial charge on any atom is 0.254 e. The monoisotopic (exact) mass is 376 g/mol. The van der Waals surface area contributed by atoms with Crippen molar-refractivity contribution in [2.45, 2.75) is 19.3 Å². The fourth-order valence-electron chi connectivity index (χ4n) is 3.42. The number of hydrogen-bond donors (Lipinski definition) is 0. The maximum atomic E-state index is 12.6. The van der Waals surface area contributed by atoms with Crippen molar-refractivity contribution in [2.24, 2.45) is 0 Å². The van der Waals surface area contributed by atoms with E-state index < -0.39 is 0 Å². The van der Waals surface area contributed by atoms with E-state index in [9.17, 15) is 4.79 Å². The molecule has 0 bridgehead atoms. The first-order valence-electron chi connectivity index (χ1n) is 8.46. The summed E-state index contributed by atoms with van der Waals surface area (Å²) in [7, 11) is 0. The number of piperazine rings is 1. The first-order chi connectivity index (χ1) is 12.1. The molecule has 0 unspecified atom stereocenters. The number of aromatic nitrogens is 2. The van der Waals surface area contributed by atoms with Crippen LogP contribution in [0.2, 0.25) is 10.0 Å². The van der Waals surface area contributed by atoms with Crippen molar-refractivity contribution in [1.29, 1.82) is 0 Å². The van der Waals surface area contributed by atoms with Crippen LogP contribution in [-0.4, -0.2) is 47.2 Å². The third-order valence-electron chi connectivity index (χ3n) is 4.86. The number of carbonyl (C=O) groups excluding carboxylic acids is 1. The van der Waals surface area contributed by atoms with E-state index >= 15 is 0 Å². The van der Waals surface area contributed by atoms with Crippen molar-refractivity contribution in [1.82, 2.24) is 15.1 Å². The highest BCUT2D eigenvalue weighted by Crippen LogP contribution is 2.25. The van der Waals surface area contributed by atoms with Crippen LogP contribution in [0.3, 0.4) is 0 Å². The molecule has 0 saturated carbocycles. The van der Waals surface area contributed by atoms with Gasteiger partial charge in [-0.1, -0.05) is 23.2 Å². The first kappa shape index (κ1) is 16.6. The number of benzene rings is 1. The fourth-order valence-corrected chi connectivity index (χ4v) is 3.72. The molecule has 25 heavy (non-hydrogen) atoms. The van der Waals surface area contributed by atoms with Gasteiger partial charge in [-0.05, 0) is 49.1 Å². The number of carbonyl (C=O) groups is 1. The zero-order chi connectivity index (χ0) is 17.4. The molecule has 1 aromatic heterocycles. The molecule has 0 radical (unpaired) electrons. The number of amides is 1. The van der Waals surface area contributed by atoms with Gasteiger partial charge in [-0.25, -0.2) is 0 Å². The number of aryl methyl sites for hydroxylation is 2. The highest BCUT2D eigenvalue weighted by atomic mass is 35.5. The fraction of sp³-hybridized carbons (Fsp3) is 0.389. The van der Waals surface area contributed by atoms with Crippen LogP contribution in [0.15, 0.2) is 24.3 Å². The molecule has 2 heterocycles. The molecule has 1 amide bonds. The second-order valence-corrected chi connectivity index (χ2v) is 7.25. The molecule has 1 aliphatic carbocycles. The van der Waals surface area contributed by atoms with Gasteiger partial charge in [-0.15, -0.1) is 5.10 Å². The minimum Gasteiger partial charge on any atom is -0.352 e. The van der Waals surface area contributed by atoms with Crippen LogP contribution in [0.25, 0.3) is 0 Å². The van der Waals surface area contributed by atoms with Crippen LogP contribution in [0.4, 0.5) is 5.82 Å². The third kappa shape index (κ3) is 3.31. The summed E-state index contributed by atoms with van der Waals surface area (Å²) in [5.74, 6) is 0.903. The molecule has 2 aliphatic rings. The van der Waals surface area contributed by atoms with Crippen molar-refractivity contribution in [2.75, 3.05) is 31.1 Å². The Balaban J connectivity index is 1.42. The molecule has 0 atom stereocenters. The highest BCUT2D eigenvalue weighted by molar-refractivity contribution is 6.42. The van der Waals surface area contributed by atoms with Gasteiger partial charge < -0.3 is 9.80 Å². The molecule has 7 heteroatoms. The summed E-state index contributed by atoms with van der Waals surface area (Å²) in [5.41, 5.74) is 3.02. The smallest absolute Gasteiger partial charge is 0.254 e. The van der Waals surface area contributed by atoms with Gasteiger partial charge in [0.15, 0.2) is 5.82 Å². The van der Waals surface area contributed by atoms with Gasteiger partial charge in [0.25, 0.3) is 5.91 Å². The molecular weight excluding hydrogens is 359 g/mol. The Hall–Kier alpha value is -1.85. The number of nitrogens with zero attached hydrogens (tertiary/aromatic N) is 4. The lowest BCUT2D eigenvalue weighted by Crippen LogP contribution is -2.49. The number of anilines is 1. The number of rotatable bonds is 2. The minimum atomic E-state index is -0.0155. The number of hydrogen-bond acceptors (Lipinski definition) is 4. The van der Waals surface area contributed by atoms with E-state index in [1.165, 1.54) is 12.0 Å². The molecule has 130 valence electrons. The van der Waals surface area contributed by atoms with E-state index in [1.807, 2.05) is 4.90 Å². The van der Waals surface area contributed by atoms with Crippen LogP contribution in [0, 0.1) is 0 Å². The molecule has 1 aromatic carbocycles. The second-order valence-electron chi connectivity index (χ2n) is 6.44. The second kappa shape index (κ2) is 6.81. The Morgan fingerprint density at radius 3 is 2.52 bits per heavy atom. The summed E-state index contributed by atoms with van der Waals surface area (Å²) >= 11 is 11.9. The lowest BCUT2D eigenvalue weighted by Gasteiger charge is -2.35. The molecule has 4 rings (SSSR count). The zero-order valence-electron chi connectivity index (χ0n) is 13.7. The standard InChI is InChI=1S/C18H18Cl2N4O/c19-14-5-4-13(10-15(14)20)18(25)24-8-6-23(7-9-24)17-11-12-2-1-3-16(12)21-22-17/h4-5,10-11H,1-3,6-9H2. The Kier molecular flexibility index (Phi) is 4.52. The van der Waals surface area contributed by atoms with Crippen LogP contribution in [0.5, 0.6) is 0 Å². The summed E-state index contributed by atoms with van der Waals surface area (Å²) in [4.78, 5) is 16.7. The van der Waals surface area contributed by atoms with Gasteiger partial charge in [0.05, 0.1) is 15.7 Å². The highest BCUT2D eigenvalue weighted by Gasteiger charge is 2.24. The summed E-state index contributed by atoms with van der Waals surface area (Å²) in [6, 6.07) is 7.17. The lowest BCUT2D eigenvalue weighted by molar-refractivity contribution is 0.0746. The molecule has 2 aromatic rings. The molecule has 1 fully saturated rings. The molecule has 0 spiro atoms. The Bertz CT molecular complexity index is 819. The molecule has 5 nitrogen and oxygen atoms in total. The van der Waals surface area contributed by atoms with Gasteiger partial charge in [0, 0.05) is 31.7 Å². The maximum absolute atomic E-state index is 12.6. The van der Waals surface area contributed by atoms with E-state index in [4.69, 9.17) is 23.2 Å². The number of fused-ring (bicyclic) bond motifs is 1. The van der Waals surface area contributed by atoms with Crippen molar-refractivity contribution in [3.8, 4) is 0 Å². The van der Waals surface area contributed by atoms with E-state index in [0.29, 0.717) is 28.7 Å². The quantitative estimate of drug-likeness (QED) is 0.807. The lowest BCUT2D eigenvalue weighted by atomic mass is 10.1.